The minimum atomic E-state index is 0.0509. The third kappa shape index (κ3) is 2.91. The van der Waals surface area contributed by atoms with Gasteiger partial charge < -0.3 is 0 Å². The highest BCUT2D eigenvalue weighted by Gasteiger charge is 2.17. The molecule has 2 heterocycles. The van der Waals surface area contributed by atoms with E-state index in [0.29, 0.717) is 0 Å². The predicted molar refractivity (Wildman–Crippen MR) is 77.9 cm³/mol. The van der Waals surface area contributed by atoms with Crippen LogP contribution in [0.1, 0.15) is 26.5 Å². The summed E-state index contributed by atoms with van der Waals surface area (Å²) >= 11 is 1.74. The van der Waals surface area contributed by atoms with Crippen LogP contribution in [0.25, 0.3) is 11.4 Å². The lowest BCUT2D eigenvalue weighted by Gasteiger charge is -2.19. The zero-order chi connectivity index (χ0) is 13.2. The van der Waals surface area contributed by atoms with Gasteiger partial charge in [-0.1, -0.05) is 26.8 Å². The first-order valence-electron chi connectivity index (χ1n) is 5.98. The maximum atomic E-state index is 4.75. The topological polar surface area (TPSA) is 25.8 Å². The normalized spacial score (nSPS) is 11.6. The van der Waals surface area contributed by atoms with Crippen molar-refractivity contribution in [2.75, 3.05) is 6.26 Å². The molecule has 0 bridgehead atoms. The van der Waals surface area contributed by atoms with E-state index in [4.69, 9.17) is 4.98 Å². The van der Waals surface area contributed by atoms with Crippen LogP contribution in [-0.2, 0) is 5.41 Å². The molecule has 0 radical (unpaired) electrons. The molecule has 0 amide bonds. The molecular formula is C15H18N2S. The van der Waals surface area contributed by atoms with Crippen LogP contribution in [0.5, 0.6) is 0 Å². The van der Waals surface area contributed by atoms with Gasteiger partial charge in [0.1, 0.15) is 0 Å². The van der Waals surface area contributed by atoms with Crippen LogP contribution in [0.3, 0.4) is 0 Å². The smallest absolute Gasteiger partial charge is 0.0900 e. The fraction of sp³-hybridized carbons (Fsp3) is 0.333. The van der Waals surface area contributed by atoms with Crippen LogP contribution in [0, 0.1) is 0 Å². The summed E-state index contributed by atoms with van der Waals surface area (Å²) in [7, 11) is 0. The molecule has 0 saturated heterocycles. The second-order valence-corrected chi connectivity index (χ2v) is 6.12. The van der Waals surface area contributed by atoms with E-state index in [-0.39, 0.29) is 5.41 Å². The van der Waals surface area contributed by atoms with Crippen LogP contribution in [-0.4, -0.2) is 16.2 Å². The first-order chi connectivity index (χ1) is 8.50. The summed E-state index contributed by atoms with van der Waals surface area (Å²) in [5.41, 5.74) is 3.04. The molecule has 0 fully saturated rings. The average Bonchev–Trinajstić information content (AvgIpc) is 2.38. The third-order valence-electron chi connectivity index (χ3n) is 2.73. The third-order valence-corrected chi connectivity index (χ3v) is 3.44. The zero-order valence-electron chi connectivity index (χ0n) is 11.3. The molecule has 0 aliphatic rings. The minimum Gasteiger partial charge on any atom is -0.255 e. The van der Waals surface area contributed by atoms with Gasteiger partial charge in [-0.2, -0.15) is 0 Å². The second kappa shape index (κ2) is 5.11. The van der Waals surface area contributed by atoms with E-state index in [2.05, 4.69) is 44.1 Å². The van der Waals surface area contributed by atoms with Crippen molar-refractivity contribution in [1.29, 1.82) is 0 Å². The molecule has 94 valence electrons. The Labute approximate surface area is 113 Å². The molecule has 0 spiro atoms. The summed E-state index contributed by atoms with van der Waals surface area (Å²) in [6, 6.07) is 10.2. The number of hydrogen-bond donors (Lipinski definition) is 0. The predicted octanol–water partition coefficient (Wildman–Crippen LogP) is 4.16. The van der Waals surface area contributed by atoms with Gasteiger partial charge in [-0.25, -0.2) is 0 Å². The Hall–Kier alpha value is -1.35. The van der Waals surface area contributed by atoms with Gasteiger partial charge in [0.2, 0.25) is 0 Å². The molecule has 0 unspecified atom stereocenters. The fourth-order valence-corrected chi connectivity index (χ4v) is 2.11. The van der Waals surface area contributed by atoms with Crippen molar-refractivity contribution in [3.63, 3.8) is 0 Å². The number of hydrogen-bond acceptors (Lipinski definition) is 3. The van der Waals surface area contributed by atoms with Crippen molar-refractivity contribution in [3.05, 3.63) is 42.2 Å². The summed E-state index contributed by atoms with van der Waals surface area (Å²) in [4.78, 5) is 10.4. The molecule has 2 aromatic rings. The number of nitrogens with zero attached hydrogens (tertiary/aromatic N) is 2. The van der Waals surface area contributed by atoms with Crippen molar-refractivity contribution < 1.29 is 0 Å². The van der Waals surface area contributed by atoms with Gasteiger partial charge in [0.05, 0.1) is 11.4 Å². The van der Waals surface area contributed by atoms with Crippen molar-refractivity contribution in [3.8, 4) is 11.4 Å². The van der Waals surface area contributed by atoms with Gasteiger partial charge >= 0.3 is 0 Å². The van der Waals surface area contributed by atoms with Crippen molar-refractivity contribution in [2.24, 2.45) is 0 Å². The minimum absolute atomic E-state index is 0.0509. The maximum Gasteiger partial charge on any atom is 0.0900 e. The summed E-state index contributed by atoms with van der Waals surface area (Å²) in [6.45, 7) is 6.55. The number of rotatable bonds is 2. The molecule has 2 rings (SSSR count). The molecule has 0 aliphatic carbocycles. The van der Waals surface area contributed by atoms with Gasteiger partial charge in [0, 0.05) is 22.2 Å². The van der Waals surface area contributed by atoms with E-state index in [0.717, 1.165) is 17.1 Å². The fourth-order valence-electron chi connectivity index (χ4n) is 1.65. The molecule has 0 aliphatic heterocycles. The van der Waals surface area contributed by atoms with E-state index >= 15 is 0 Å². The lowest BCUT2D eigenvalue weighted by atomic mass is 9.91. The first-order valence-corrected chi connectivity index (χ1v) is 7.21. The first kappa shape index (κ1) is 13.1. The molecule has 3 heteroatoms. The van der Waals surface area contributed by atoms with E-state index < -0.39 is 0 Å². The molecule has 0 atom stereocenters. The molecule has 0 saturated carbocycles. The zero-order valence-corrected chi connectivity index (χ0v) is 12.1. The van der Waals surface area contributed by atoms with Crippen LogP contribution < -0.4 is 0 Å². The number of pyridine rings is 2. The van der Waals surface area contributed by atoms with Crippen molar-refractivity contribution >= 4 is 11.8 Å². The largest absolute Gasteiger partial charge is 0.255 e. The standard InChI is InChI=1S/C15H18N2S/c1-15(2,3)14-10-11(18-4)9-13(17-14)12-7-5-6-8-16-12/h5-10H,1-4H3. The summed E-state index contributed by atoms with van der Waals surface area (Å²) in [5, 5.41) is 0. The van der Waals surface area contributed by atoms with Gasteiger partial charge in [-0.3, -0.25) is 9.97 Å². The Kier molecular flexibility index (Phi) is 3.71. The summed E-state index contributed by atoms with van der Waals surface area (Å²) in [5.74, 6) is 0. The van der Waals surface area contributed by atoms with Gasteiger partial charge in [0.25, 0.3) is 0 Å². The summed E-state index contributed by atoms with van der Waals surface area (Å²) < 4.78 is 0. The molecule has 2 nitrogen and oxygen atoms in total. The van der Waals surface area contributed by atoms with E-state index in [9.17, 15) is 0 Å². The molecule has 18 heavy (non-hydrogen) atoms. The molecular weight excluding hydrogens is 240 g/mol. The lowest BCUT2D eigenvalue weighted by Crippen LogP contribution is -2.14. The Balaban J connectivity index is 2.55. The SMILES string of the molecule is CSc1cc(-c2ccccn2)nc(C(C)(C)C)c1. The molecule has 2 aromatic heterocycles. The Morgan fingerprint density at radius 3 is 2.39 bits per heavy atom. The van der Waals surface area contributed by atoms with Crippen LogP contribution in [0.2, 0.25) is 0 Å². The van der Waals surface area contributed by atoms with E-state index in [1.807, 2.05) is 18.2 Å². The molecule has 0 aromatic carbocycles. The Morgan fingerprint density at radius 2 is 1.83 bits per heavy atom. The molecule has 0 N–H and O–H groups in total. The van der Waals surface area contributed by atoms with Crippen molar-refractivity contribution in [1.82, 2.24) is 9.97 Å². The maximum absolute atomic E-state index is 4.75. The number of aromatic nitrogens is 2. The average molecular weight is 258 g/mol. The quantitative estimate of drug-likeness (QED) is 0.756. The highest BCUT2D eigenvalue weighted by Crippen LogP contribution is 2.28. The Bertz CT molecular complexity index is 530. The van der Waals surface area contributed by atoms with Gasteiger partial charge in [-0.15, -0.1) is 11.8 Å². The van der Waals surface area contributed by atoms with Crippen molar-refractivity contribution in [2.45, 2.75) is 31.1 Å². The summed E-state index contributed by atoms with van der Waals surface area (Å²) in [6.07, 6.45) is 3.89. The lowest BCUT2D eigenvalue weighted by molar-refractivity contribution is 0.567. The van der Waals surface area contributed by atoms with Crippen LogP contribution in [0.15, 0.2) is 41.4 Å². The Morgan fingerprint density at radius 1 is 1.06 bits per heavy atom. The van der Waals surface area contributed by atoms with Gasteiger partial charge in [0.15, 0.2) is 0 Å². The monoisotopic (exact) mass is 258 g/mol. The van der Waals surface area contributed by atoms with Crippen LogP contribution >= 0.6 is 11.8 Å². The van der Waals surface area contributed by atoms with Crippen LogP contribution in [0.4, 0.5) is 0 Å². The highest BCUT2D eigenvalue weighted by atomic mass is 32.2. The highest BCUT2D eigenvalue weighted by molar-refractivity contribution is 7.98. The number of thioether (sulfide) groups is 1. The van der Waals surface area contributed by atoms with E-state index in [1.165, 1.54) is 4.90 Å². The second-order valence-electron chi connectivity index (χ2n) is 5.24. The van der Waals surface area contributed by atoms with Gasteiger partial charge in [-0.05, 0) is 30.5 Å². The van der Waals surface area contributed by atoms with E-state index in [1.54, 1.807) is 18.0 Å².